The molecule has 1 aromatic carbocycles. The van der Waals surface area contributed by atoms with Gasteiger partial charge in [0.1, 0.15) is 0 Å². The second-order valence-electron chi connectivity index (χ2n) is 6.83. The molecule has 1 heterocycles. The van der Waals surface area contributed by atoms with Crippen LogP contribution in [0.15, 0.2) is 36.5 Å². The molecule has 0 radical (unpaired) electrons. The third-order valence-electron chi connectivity index (χ3n) is 5.02. The Morgan fingerprint density at radius 1 is 1.25 bits per heavy atom. The second kappa shape index (κ2) is 5.17. The molecular formula is C18H24N2. The lowest BCUT2D eigenvalue weighted by Gasteiger charge is -2.42. The summed E-state index contributed by atoms with van der Waals surface area (Å²) in [5.74, 6) is 0.555. The van der Waals surface area contributed by atoms with Gasteiger partial charge in [0.2, 0.25) is 0 Å². The molecule has 0 bridgehead atoms. The lowest BCUT2D eigenvalue weighted by Crippen LogP contribution is -2.36. The number of hydrogen-bond acceptors (Lipinski definition) is 2. The van der Waals surface area contributed by atoms with Gasteiger partial charge in [0, 0.05) is 17.6 Å². The lowest BCUT2D eigenvalue weighted by molar-refractivity contribution is 0.112. The first kappa shape index (κ1) is 13.6. The number of fused-ring (bicyclic) bond motifs is 1. The Labute approximate surface area is 121 Å². The molecule has 0 spiro atoms. The molecule has 3 rings (SSSR count). The molecule has 2 heteroatoms. The van der Waals surface area contributed by atoms with Gasteiger partial charge in [0.05, 0.1) is 5.52 Å². The highest BCUT2D eigenvalue weighted by molar-refractivity contribution is 5.78. The average Bonchev–Trinajstić information content (AvgIpc) is 2.45. The van der Waals surface area contributed by atoms with Crippen LogP contribution in [0.2, 0.25) is 0 Å². The first-order valence-electron chi connectivity index (χ1n) is 7.68. The minimum absolute atomic E-state index is 0.0995. The monoisotopic (exact) mass is 268 g/mol. The number of benzene rings is 1. The Balaban J connectivity index is 1.93. The van der Waals surface area contributed by atoms with E-state index >= 15 is 0 Å². The van der Waals surface area contributed by atoms with Crippen molar-refractivity contribution in [2.24, 2.45) is 17.1 Å². The van der Waals surface area contributed by atoms with Gasteiger partial charge in [-0.05, 0) is 41.9 Å². The molecule has 1 aliphatic rings. The van der Waals surface area contributed by atoms with E-state index in [1.165, 1.54) is 36.6 Å². The van der Waals surface area contributed by atoms with E-state index in [9.17, 15) is 0 Å². The molecule has 2 N–H and O–H groups in total. The topological polar surface area (TPSA) is 38.9 Å². The summed E-state index contributed by atoms with van der Waals surface area (Å²) in [6.07, 6.45) is 7.14. The SMILES string of the molecule is CC1(C)CCCCC1C(N)c1cnc2ccccc2c1. The largest absolute Gasteiger partial charge is 0.324 e. The number of hydrogen-bond donors (Lipinski definition) is 1. The smallest absolute Gasteiger partial charge is 0.0702 e. The molecule has 0 amide bonds. The van der Waals surface area contributed by atoms with Crippen LogP contribution in [-0.2, 0) is 0 Å². The summed E-state index contributed by atoms with van der Waals surface area (Å²) in [7, 11) is 0. The number of rotatable bonds is 2. The third kappa shape index (κ3) is 2.45. The van der Waals surface area contributed by atoms with Crippen LogP contribution in [0.25, 0.3) is 10.9 Å². The summed E-state index contributed by atoms with van der Waals surface area (Å²) < 4.78 is 0. The van der Waals surface area contributed by atoms with Gasteiger partial charge in [-0.3, -0.25) is 4.98 Å². The molecule has 2 unspecified atom stereocenters. The Kier molecular flexibility index (Phi) is 3.51. The summed E-state index contributed by atoms with van der Waals surface area (Å²) in [4.78, 5) is 4.56. The molecule has 20 heavy (non-hydrogen) atoms. The van der Waals surface area contributed by atoms with E-state index in [0.29, 0.717) is 11.3 Å². The normalized spacial score (nSPS) is 23.6. The van der Waals surface area contributed by atoms with Gasteiger partial charge >= 0.3 is 0 Å². The van der Waals surface area contributed by atoms with Crippen molar-refractivity contribution in [1.82, 2.24) is 4.98 Å². The van der Waals surface area contributed by atoms with Crippen molar-refractivity contribution < 1.29 is 0 Å². The highest BCUT2D eigenvalue weighted by Gasteiger charge is 2.36. The summed E-state index contributed by atoms with van der Waals surface area (Å²) >= 11 is 0. The van der Waals surface area contributed by atoms with Crippen molar-refractivity contribution in [2.45, 2.75) is 45.6 Å². The zero-order valence-electron chi connectivity index (χ0n) is 12.5. The molecule has 0 aliphatic heterocycles. The van der Waals surface area contributed by atoms with Crippen molar-refractivity contribution in [3.63, 3.8) is 0 Å². The number of nitrogens with zero attached hydrogens (tertiary/aromatic N) is 1. The van der Waals surface area contributed by atoms with Crippen molar-refractivity contribution in [2.75, 3.05) is 0 Å². The minimum Gasteiger partial charge on any atom is -0.324 e. The quantitative estimate of drug-likeness (QED) is 0.874. The fraction of sp³-hybridized carbons (Fsp3) is 0.500. The van der Waals surface area contributed by atoms with E-state index in [-0.39, 0.29) is 6.04 Å². The Bertz CT molecular complexity index is 603. The molecule has 1 aromatic heterocycles. The van der Waals surface area contributed by atoms with E-state index in [2.05, 4.69) is 43.1 Å². The molecule has 2 atom stereocenters. The third-order valence-corrected chi connectivity index (χ3v) is 5.02. The van der Waals surface area contributed by atoms with Crippen LogP contribution < -0.4 is 5.73 Å². The standard InChI is InChI=1S/C18H24N2/c1-18(2)10-6-5-8-15(18)17(19)14-11-13-7-3-4-9-16(13)20-12-14/h3-4,7,9,11-12,15,17H,5-6,8,10,19H2,1-2H3. The Morgan fingerprint density at radius 2 is 2.05 bits per heavy atom. The van der Waals surface area contributed by atoms with E-state index in [0.717, 1.165) is 5.52 Å². The minimum atomic E-state index is 0.0995. The van der Waals surface area contributed by atoms with Gasteiger partial charge in [0.15, 0.2) is 0 Å². The fourth-order valence-corrected chi connectivity index (χ4v) is 3.69. The number of pyridine rings is 1. The van der Waals surface area contributed by atoms with Gasteiger partial charge in [-0.25, -0.2) is 0 Å². The second-order valence-corrected chi connectivity index (χ2v) is 6.83. The van der Waals surface area contributed by atoms with Crippen molar-refractivity contribution >= 4 is 10.9 Å². The van der Waals surface area contributed by atoms with Gasteiger partial charge < -0.3 is 5.73 Å². The predicted molar refractivity (Wildman–Crippen MR) is 84.4 cm³/mol. The van der Waals surface area contributed by atoms with Gasteiger partial charge in [0.25, 0.3) is 0 Å². The molecule has 1 aliphatic carbocycles. The maximum absolute atomic E-state index is 6.60. The van der Waals surface area contributed by atoms with Crippen LogP contribution >= 0.6 is 0 Å². The Hall–Kier alpha value is -1.41. The average molecular weight is 268 g/mol. The summed E-state index contributed by atoms with van der Waals surface area (Å²) in [6, 6.07) is 10.6. The van der Waals surface area contributed by atoms with Crippen LogP contribution in [0, 0.1) is 11.3 Å². The fourth-order valence-electron chi connectivity index (χ4n) is 3.69. The van der Waals surface area contributed by atoms with E-state index in [1.807, 2.05) is 12.3 Å². The number of aromatic nitrogens is 1. The molecule has 2 aromatic rings. The maximum atomic E-state index is 6.60. The van der Waals surface area contributed by atoms with Gasteiger partial charge in [-0.1, -0.05) is 44.9 Å². The number of nitrogens with two attached hydrogens (primary N) is 1. The summed E-state index contributed by atoms with van der Waals surface area (Å²) in [6.45, 7) is 4.73. The zero-order chi connectivity index (χ0) is 14.2. The van der Waals surface area contributed by atoms with Crippen molar-refractivity contribution in [3.05, 3.63) is 42.1 Å². The van der Waals surface area contributed by atoms with Crippen LogP contribution in [0.3, 0.4) is 0 Å². The van der Waals surface area contributed by atoms with Crippen LogP contribution in [0.5, 0.6) is 0 Å². The maximum Gasteiger partial charge on any atom is 0.0702 e. The molecule has 2 nitrogen and oxygen atoms in total. The van der Waals surface area contributed by atoms with E-state index in [4.69, 9.17) is 5.73 Å². The van der Waals surface area contributed by atoms with E-state index < -0.39 is 0 Å². The van der Waals surface area contributed by atoms with Crippen LogP contribution in [0.4, 0.5) is 0 Å². The van der Waals surface area contributed by atoms with Crippen LogP contribution in [0.1, 0.15) is 51.1 Å². The predicted octanol–water partition coefficient (Wildman–Crippen LogP) is 4.45. The number of para-hydroxylation sites is 1. The molecular weight excluding hydrogens is 244 g/mol. The molecule has 1 fully saturated rings. The summed E-state index contributed by atoms with van der Waals surface area (Å²) in [5.41, 5.74) is 9.16. The first-order valence-corrected chi connectivity index (χ1v) is 7.68. The van der Waals surface area contributed by atoms with Crippen molar-refractivity contribution in [3.8, 4) is 0 Å². The lowest BCUT2D eigenvalue weighted by atomic mass is 9.65. The highest BCUT2D eigenvalue weighted by atomic mass is 14.7. The van der Waals surface area contributed by atoms with Gasteiger partial charge in [-0.15, -0.1) is 0 Å². The molecule has 1 saturated carbocycles. The first-order chi connectivity index (χ1) is 9.58. The Morgan fingerprint density at radius 3 is 2.85 bits per heavy atom. The highest BCUT2D eigenvalue weighted by Crippen LogP contribution is 2.45. The van der Waals surface area contributed by atoms with Gasteiger partial charge in [-0.2, -0.15) is 0 Å². The van der Waals surface area contributed by atoms with Crippen LogP contribution in [-0.4, -0.2) is 4.98 Å². The molecule has 106 valence electrons. The zero-order valence-corrected chi connectivity index (χ0v) is 12.5. The summed E-state index contributed by atoms with van der Waals surface area (Å²) in [5, 5.41) is 1.19. The van der Waals surface area contributed by atoms with E-state index in [1.54, 1.807) is 0 Å². The van der Waals surface area contributed by atoms with Crippen molar-refractivity contribution in [1.29, 1.82) is 0 Å². The molecule has 0 saturated heterocycles.